The van der Waals surface area contributed by atoms with Crippen LogP contribution in [0.15, 0.2) is 17.0 Å². The van der Waals surface area contributed by atoms with Crippen LogP contribution >= 0.6 is 0 Å². The second-order valence-corrected chi connectivity index (χ2v) is 7.03. The lowest BCUT2D eigenvalue weighted by atomic mass is 10.3. The fraction of sp³-hybridized carbons (Fsp3) is 0.538. The van der Waals surface area contributed by atoms with Gasteiger partial charge in [-0.2, -0.15) is 4.31 Å². The Hall–Kier alpha value is -1.38. The molecule has 6 nitrogen and oxygen atoms in total. The van der Waals surface area contributed by atoms with Gasteiger partial charge in [0, 0.05) is 19.6 Å². The van der Waals surface area contributed by atoms with Gasteiger partial charge in [0.15, 0.2) is 11.6 Å². The van der Waals surface area contributed by atoms with Gasteiger partial charge in [-0.25, -0.2) is 12.8 Å². The summed E-state index contributed by atoms with van der Waals surface area (Å²) >= 11 is 0. The topological polar surface area (TPSA) is 75.9 Å². The van der Waals surface area contributed by atoms with Crippen LogP contribution < -0.4 is 10.5 Å². The summed E-state index contributed by atoms with van der Waals surface area (Å²) in [5.41, 5.74) is 5.63. The number of likely N-dealkylation sites (N-methyl/N-ethyl adjacent to an activating group) is 1. The molecule has 21 heavy (non-hydrogen) atoms. The zero-order valence-electron chi connectivity index (χ0n) is 12.2. The molecule has 1 heterocycles. The Morgan fingerprint density at radius 3 is 2.57 bits per heavy atom. The zero-order chi connectivity index (χ0) is 15.6. The van der Waals surface area contributed by atoms with E-state index in [0.717, 1.165) is 19.0 Å². The van der Waals surface area contributed by atoms with Gasteiger partial charge < -0.3 is 15.4 Å². The van der Waals surface area contributed by atoms with Crippen LogP contribution in [-0.2, 0) is 10.0 Å². The number of benzene rings is 1. The summed E-state index contributed by atoms with van der Waals surface area (Å²) in [6.07, 6.45) is 0.740. The molecule has 1 saturated heterocycles. The molecule has 1 fully saturated rings. The molecule has 118 valence electrons. The lowest BCUT2D eigenvalue weighted by molar-refractivity contribution is 0.347. The molecule has 2 rings (SSSR count). The maximum atomic E-state index is 13.9. The van der Waals surface area contributed by atoms with Crippen LogP contribution in [0.4, 0.5) is 10.1 Å². The largest absolute Gasteiger partial charge is 0.492 e. The molecule has 0 atom stereocenters. The summed E-state index contributed by atoms with van der Waals surface area (Å²) in [6.45, 7) is 2.28. The van der Waals surface area contributed by atoms with Gasteiger partial charge in [-0.1, -0.05) is 0 Å². The van der Waals surface area contributed by atoms with Crippen molar-refractivity contribution in [1.29, 1.82) is 0 Å². The third-order valence-corrected chi connectivity index (χ3v) is 5.44. The molecule has 0 saturated carbocycles. The van der Waals surface area contributed by atoms with E-state index in [-0.39, 0.29) is 16.3 Å². The van der Waals surface area contributed by atoms with E-state index < -0.39 is 15.8 Å². The standard InChI is InChI=1S/C13H20FN3O3S/c1-16-4-3-5-17(7-6-16)21(18,19)10-8-11(14)13(20-2)12(15)9-10/h8-9H,3-7,15H2,1-2H3. The third-order valence-electron chi connectivity index (χ3n) is 3.57. The highest BCUT2D eigenvalue weighted by Gasteiger charge is 2.28. The minimum atomic E-state index is -3.75. The highest BCUT2D eigenvalue weighted by atomic mass is 32.2. The average molecular weight is 317 g/mol. The van der Waals surface area contributed by atoms with E-state index in [0.29, 0.717) is 19.6 Å². The first-order valence-corrected chi connectivity index (χ1v) is 8.12. The average Bonchev–Trinajstić information content (AvgIpc) is 2.63. The lowest BCUT2D eigenvalue weighted by Crippen LogP contribution is -2.34. The van der Waals surface area contributed by atoms with Crippen LogP contribution in [0.2, 0.25) is 0 Å². The predicted molar refractivity (Wildman–Crippen MR) is 78.2 cm³/mol. The number of nitrogen functional groups attached to an aromatic ring is 1. The van der Waals surface area contributed by atoms with Crippen LogP contribution in [0.1, 0.15) is 6.42 Å². The van der Waals surface area contributed by atoms with Crippen molar-refractivity contribution in [3.8, 4) is 5.75 Å². The van der Waals surface area contributed by atoms with E-state index in [9.17, 15) is 12.8 Å². The fourth-order valence-electron chi connectivity index (χ4n) is 2.37. The van der Waals surface area contributed by atoms with Crippen molar-refractivity contribution in [1.82, 2.24) is 9.21 Å². The quantitative estimate of drug-likeness (QED) is 0.832. The molecule has 0 aliphatic carbocycles. The van der Waals surface area contributed by atoms with Crippen LogP contribution in [0.25, 0.3) is 0 Å². The van der Waals surface area contributed by atoms with Gasteiger partial charge in [-0.15, -0.1) is 0 Å². The number of sulfonamides is 1. The Morgan fingerprint density at radius 2 is 1.95 bits per heavy atom. The van der Waals surface area contributed by atoms with Crippen LogP contribution in [0.3, 0.4) is 0 Å². The number of hydrogen-bond acceptors (Lipinski definition) is 5. The van der Waals surface area contributed by atoms with Crippen LogP contribution in [0.5, 0.6) is 5.75 Å². The van der Waals surface area contributed by atoms with Gasteiger partial charge in [0.05, 0.1) is 17.7 Å². The minimum Gasteiger partial charge on any atom is -0.492 e. The summed E-state index contributed by atoms with van der Waals surface area (Å²) in [4.78, 5) is 1.93. The molecule has 8 heteroatoms. The Balaban J connectivity index is 2.35. The summed E-state index contributed by atoms with van der Waals surface area (Å²) in [5, 5.41) is 0. The normalized spacial score (nSPS) is 18.4. The molecule has 0 unspecified atom stereocenters. The number of halogens is 1. The van der Waals surface area contributed by atoms with E-state index in [1.165, 1.54) is 17.5 Å². The first kappa shape index (κ1) is 16.0. The lowest BCUT2D eigenvalue weighted by Gasteiger charge is -2.20. The van der Waals surface area contributed by atoms with E-state index >= 15 is 0 Å². The van der Waals surface area contributed by atoms with Crippen molar-refractivity contribution in [3.63, 3.8) is 0 Å². The zero-order valence-corrected chi connectivity index (χ0v) is 13.0. The minimum absolute atomic E-state index is 0.0250. The van der Waals surface area contributed by atoms with Gasteiger partial charge in [0.25, 0.3) is 0 Å². The molecular formula is C13H20FN3O3S. The second kappa shape index (κ2) is 6.17. The molecule has 1 aliphatic heterocycles. The first-order valence-electron chi connectivity index (χ1n) is 6.68. The number of nitrogens with zero attached hydrogens (tertiary/aromatic N) is 2. The number of nitrogens with two attached hydrogens (primary N) is 1. The van der Waals surface area contributed by atoms with E-state index in [1.807, 2.05) is 7.05 Å². The summed E-state index contributed by atoms with van der Waals surface area (Å²) in [5.74, 6) is -0.910. The Morgan fingerprint density at radius 1 is 1.24 bits per heavy atom. The van der Waals surface area contributed by atoms with E-state index in [2.05, 4.69) is 4.90 Å². The Bertz CT molecular complexity index is 598. The van der Waals surface area contributed by atoms with Crippen LogP contribution in [0, 0.1) is 5.82 Å². The molecule has 1 aromatic carbocycles. The number of methoxy groups -OCH3 is 1. The summed E-state index contributed by atoms with van der Waals surface area (Å²) < 4.78 is 45.2. The van der Waals surface area contributed by atoms with Crippen molar-refractivity contribution >= 4 is 15.7 Å². The van der Waals surface area contributed by atoms with Crippen LogP contribution in [-0.4, -0.2) is 58.0 Å². The van der Waals surface area contributed by atoms with Crippen molar-refractivity contribution in [3.05, 3.63) is 17.9 Å². The molecule has 0 amide bonds. The summed E-state index contributed by atoms with van der Waals surface area (Å²) in [6, 6.07) is 2.20. The summed E-state index contributed by atoms with van der Waals surface area (Å²) in [7, 11) is -0.517. The Labute approximate surface area is 124 Å². The first-order chi connectivity index (χ1) is 9.86. The monoisotopic (exact) mass is 317 g/mol. The van der Waals surface area contributed by atoms with E-state index in [1.54, 1.807) is 0 Å². The highest BCUT2D eigenvalue weighted by molar-refractivity contribution is 7.89. The molecule has 0 radical (unpaired) electrons. The van der Waals surface area contributed by atoms with Crippen molar-refractivity contribution in [2.75, 3.05) is 46.1 Å². The SMILES string of the molecule is COc1c(N)cc(S(=O)(=O)N2CCCN(C)CC2)cc1F. The second-order valence-electron chi connectivity index (χ2n) is 5.09. The molecule has 0 bridgehead atoms. The third kappa shape index (κ3) is 3.28. The number of ether oxygens (including phenoxy) is 1. The molecule has 1 aliphatic rings. The molecular weight excluding hydrogens is 297 g/mol. The van der Waals surface area contributed by atoms with Gasteiger partial charge >= 0.3 is 0 Å². The van der Waals surface area contributed by atoms with Gasteiger partial charge in [0.2, 0.25) is 10.0 Å². The predicted octanol–water partition coefficient (Wildman–Crippen LogP) is 0.743. The maximum absolute atomic E-state index is 13.9. The smallest absolute Gasteiger partial charge is 0.243 e. The van der Waals surface area contributed by atoms with E-state index in [4.69, 9.17) is 10.5 Å². The van der Waals surface area contributed by atoms with Crippen molar-refractivity contribution in [2.24, 2.45) is 0 Å². The number of rotatable bonds is 3. The highest BCUT2D eigenvalue weighted by Crippen LogP contribution is 2.30. The molecule has 0 aromatic heterocycles. The van der Waals surface area contributed by atoms with Crippen molar-refractivity contribution < 1.29 is 17.5 Å². The Kier molecular flexibility index (Phi) is 4.70. The number of hydrogen-bond donors (Lipinski definition) is 1. The van der Waals surface area contributed by atoms with Gasteiger partial charge in [0.1, 0.15) is 0 Å². The van der Waals surface area contributed by atoms with Gasteiger partial charge in [-0.3, -0.25) is 0 Å². The van der Waals surface area contributed by atoms with Crippen molar-refractivity contribution in [2.45, 2.75) is 11.3 Å². The molecule has 1 aromatic rings. The fourth-order valence-corrected chi connectivity index (χ4v) is 3.88. The molecule has 0 spiro atoms. The maximum Gasteiger partial charge on any atom is 0.243 e. The molecule has 2 N–H and O–H groups in total. The van der Waals surface area contributed by atoms with Gasteiger partial charge in [-0.05, 0) is 32.1 Å². The number of anilines is 1.